The van der Waals surface area contributed by atoms with E-state index in [0.29, 0.717) is 13.2 Å². The molecule has 0 saturated carbocycles. The summed E-state index contributed by atoms with van der Waals surface area (Å²) in [5, 5.41) is 15.6. The van der Waals surface area contributed by atoms with Crippen LogP contribution < -0.4 is 9.47 Å². The Kier molecular flexibility index (Phi) is 5.06. The van der Waals surface area contributed by atoms with Gasteiger partial charge in [-0.2, -0.15) is 0 Å². The zero-order chi connectivity index (χ0) is 27.6. The summed E-state index contributed by atoms with van der Waals surface area (Å²) in [4.78, 5) is 0. The minimum Gasteiger partial charge on any atom is -0.489 e. The molecule has 0 aliphatic heterocycles. The molecule has 9 aromatic carbocycles. The summed E-state index contributed by atoms with van der Waals surface area (Å²) in [5.74, 6) is 1.79. The Morgan fingerprint density at radius 1 is 0.310 bits per heavy atom. The Balaban J connectivity index is 1.24. The molecule has 0 amide bonds. The van der Waals surface area contributed by atoms with Gasteiger partial charge in [-0.25, -0.2) is 0 Å². The van der Waals surface area contributed by atoms with Gasteiger partial charge in [0, 0.05) is 0 Å². The van der Waals surface area contributed by atoms with Gasteiger partial charge in [0.15, 0.2) is 0 Å². The van der Waals surface area contributed by atoms with Crippen molar-refractivity contribution in [3.63, 3.8) is 0 Å². The molecule has 0 aromatic heterocycles. The third-order valence-electron chi connectivity index (χ3n) is 8.77. The van der Waals surface area contributed by atoms with Crippen molar-refractivity contribution in [1.82, 2.24) is 0 Å². The van der Waals surface area contributed by atoms with E-state index in [-0.39, 0.29) is 0 Å². The lowest BCUT2D eigenvalue weighted by atomic mass is 9.95. The fourth-order valence-electron chi connectivity index (χ4n) is 6.93. The smallest absolute Gasteiger partial charge is 0.120 e. The van der Waals surface area contributed by atoms with E-state index in [1.807, 2.05) is 12.1 Å². The minimum atomic E-state index is 0.557. The number of hydrogen-bond acceptors (Lipinski definition) is 2. The van der Waals surface area contributed by atoms with Crippen LogP contribution in [0.4, 0.5) is 0 Å². The Morgan fingerprint density at radius 3 is 1.12 bits per heavy atom. The first-order valence-corrected chi connectivity index (χ1v) is 14.5. The Bertz CT molecular complexity index is 2220. The second-order valence-corrected chi connectivity index (χ2v) is 11.2. The molecule has 0 N–H and O–H groups in total. The minimum absolute atomic E-state index is 0.557. The predicted octanol–water partition coefficient (Wildman–Crippen LogP) is 10.6. The van der Waals surface area contributed by atoms with Crippen molar-refractivity contribution < 1.29 is 9.47 Å². The molecule has 0 fully saturated rings. The summed E-state index contributed by atoms with van der Waals surface area (Å²) >= 11 is 0. The predicted molar refractivity (Wildman–Crippen MR) is 175 cm³/mol. The number of benzene rings is 7. The van der Waals surface area contributed by atoms with Gasteiger partial charge in [-0.05, 0) is 100 Å². The molecule has 0 saturated heterocycles. The zero-order valence-electron chi connectivity index (χ0n) is 22.9. The van der Waals surface area contributed by atoms with Gasteiger partial charge in [-0.3, -0.25) is 0 Å². The van der Waals surface area contributed by atoms with Crippen molar-refractivity contribution in [2.24, 2.45) is 0 Å². The lowest BCUT2D eigenvalue weighted by molar-refractivity contribution is 0.306. The van der Waals surface area contributed by atoms with Crippen LogP contribution in [-0.4, -0.2) is 0 Å². The topological polar surface area (TPSA) is 18.5 Å². The van der Waals surface area contributed by atoms with E-state index in [2.05, 4.69) is 121 Å². The lowest BCUT2D eigenvalue weighted by Gasteiger charge is -2.08. The van der Waals surface area contributed by atoms with Crippen LogP contribution in [0.2, 0.25) is 0 Å². The fraction of sp³-hybridized carbons (Fsp3) is 0.0500. The van der Waals surface area contributed by atoms with Gasteiger partial charge in [0.1, 0.15) is 24.7 Å². The number of ether oxygens (including phenoxy) is 2. The van der Waals surface area contributed by atoms with Gasteiger partial charge in [0.25, 0.3) is 0 Å². The SMILES string of the molecule is c1ccc(COc2ccc3c(c2)c2cccc4c2c3c2cccc3c5cc(OCc6ccccc6)ccc5c4c32)cc1. The van der Waals surface area contributed by atoms with Gasteiger partial charge < -0.3 is 9.47 Å². The molecular weight excluding hydrogens is 512 g/mol. The maximum atomic E-state index is 6.25. The monoisotopic (exact) mass is 538 g/mol. The first-order chi connectivity index (χ1) is 20.8. The molecule has 42 heavy (non-hydrogen) atoms. The number of hydrogen-bond donors (Lipinski definition) is 0. The van der Waals surface area contributed by atoms with Crippen LogP contribution in [0.1, 0.15) is 11.1 Å². The molecular formula is C40H26O2. The molecule has 9 rings (SSSR count). The van der Waals surface area contributed by atoms with Gasteiger partial charge >= 0.3 is 0 Å². The largest absolute Gasteiger partial charge is 0.489 e. The van der Waals surface area contributed by atoms with Gasteiger partial charge in [0.2, 0.25) is 0 Å². The van der Waals surface area contributed by atoms with E-state index in [9.17, 15) is 0 Å². The molecule has 2 heteroatoms. The van der Waals surface area contributed by atoms with E-state index in [1.165, 1.54) is 75.8 Å². The third-order valence-corrected chi connectivity index (χ3v) is 8.77. The van der Waals surface area contributed by atoms with Crippen molar-refractivity contribution in [3.8, 4) is 11.5 Å². The fourth-order valence-corrected chi connectivity index (χ4v) is 6.93. The van der Waals surface area contributed by atoms with Gasteiger partial charge in [-0.1, -0.05) is 109 Å². The lowest BCUT2D eigenvalue weighted by Crippen LogP contribution is -1.94. The summed E-state index contributed by atoms with van der Waals surface area (Å²) in [6.45, 7) is 1.11. The van der Waals surface area contributed by atoms with Crippen LogP contribution in [0.25, 0.3) is 64.6 Å². The van der Waals surface area contributed by atoms with Crippen molar-refractivity contribution in [3.05, 3.63) is 145 Å². The molecule has 0 radical (unpaired) electrons. The quantitative estimate of drug-likeness (QED) is 0.196. The molecule has 0 bridgehead atoms. The standard InChI is InChI=1S/C40H26O2/c1-3-9-25(10-4-1)23-41-27-17-19-31-35(21-27)29-13-7-15-33-37(29)39(31)34-16-8-14-30-36-22-28(18-20-32(36)40(33)38(30)34)42-24-26-11-5-2-6-12-26/h1-22H,23-24H2. The van der Waals surface area contributed by atoms with E-state index in [1.54, 1.807) is 0 Å². The maximum Gasteiger partial charge on any atom is 0.120 e. The van der Waals surface area contributed by atoms with E-state index in [0.717, 1.165) is 11.5 Å². The summed E-state index contributed by atoms with van der Waals surface area (Å²) in [6.07, 6.45) is 0. The van der Waals surface area contributed by atoms with Gasteiger partial charge in [0.05, 0.1) is 0 Å². The van der Waals surface area contributed by atoms with Crippen molar-refractivity contribution in [2.75, 3.05) is 0 Å². The molecule has 0 heterocycles. The Labute approximate surface area is 243 Å². The summed E-state index contributed by atoms with van der Waals surface area (Å²) < 4.78 is 12.5. The van der Waals surface area contributed by atoms with Gasteiger partial charge in [-0.15, -0.1) is 0 Å². The summed E-state index contributed by atoms with van der Waals surface area (Å²) in [6, 6.07) is 47.4. The zero-order valence-corrected chi connectivity index (χ0v) is 22.9. The van der Waals surface area contributed by atoms with Crippen LogP contribution in [0, 0.1) is 0 Å². The van der Waals surface area contributed by atoms with E-state index in [4.69, 9.17) is 9.47 Å². The highest BCUT2D eigenvalue weighted by atomic mass is 16.5. The normalized spacial score (nSPS) is 12.0. The second kappa shape index (κ2) is 9.09. The molecule has 0 unspecified atom stereocenters. The molecule has 0 spiro atoms. The average molecular weight is 539 g/mol. The highest BCUT2D eigenvalue weighted by Gasteiger charge is 2.22. The Morgan fingerprint density at radius 2 is 0.690 bits per heavy atom. The average Bonchev–Trinajstić information content (AvgIpc) is 3.56. The Hall–Kier alpha value is -5.34. The number of fused-ring (bicyclic) bond motifs is 8. The van der Waals surface area contributed by atoms with Crippen LogP contribution in [-0.2, 0) is 13.2 Å². The molecule has 198 valence electrons. The highest BCUT2D eigenvalue weighted by Crippen LogP contribution is 2.50. The second-order valence-electron chi connectivity index (χ2n) is 11.2. The molecule has 0 aliphatic carbocycles. The van der Waals surface area contributed by atoms with Crippen LogP contribution in [0.15, 0.2) is 133 Å². The highest BCUT2D eigenvalue weighted by molar-refractivity contribution is 6.47. The van der Waals surface area contributed by atoms with Crippen LogP contribution in [0.3, 0.4) is 0 Å². The van der Waals surface area contributed by atoms with E-state index < -0.39 is 0 Å². The van der Waals surface area contributed by atoms with E-state index >= 15 is 0 Å². The molecule has 0 atom stereocenters. The van der Waals surface area contributed by atoms with Crippen LogP contribution >= 0.6 is 0 Å². The first-order valence-electron chi connectivity index (χ1n) is 14.5. The molecule has 2 nitrogen and oxygen atoms in total. The first kappa shape index (κ1) is 23.4. The maximum absolute atomic E-state index is 6.25. The number of rotatable bonds is 6. The van der Waals surface area contributed by atoms with Crippen LogP contribution in [0.5, 0.6) is 11.5 Å². The third kappa shape index (κ3) is 3.45. The molecule has 0 aliphatic rings. The van der Waals surface area contributed by atoms with Crippen molar-refractivity contribution >= 4 is 64.6 Å². The molecule has 9 aromatic rings. The summed E-state index contributed by atoms with van der Waals surface area (Å²) in [7, 11) is 0. The van der Waals surface area contributed by atoms with Crippen molar-refractivity contribution in [2.45, 2.75) is 13.2 Å². The van der Waals surface area contributed by atoms with Crippen molar-refractivity contribution in [1.29, 1.82) is 0 Å². The summed E-state index contributed by atoms with van der Waals surface area (Å²) in [5.41, 5.74) is 2.34.